The van der Waals surface area contributed by atoms with Gasteiger partial charge in [-0.3, -0.25) is 10.1 Å². The first-order chi connectivity index (χ1) is 9.79. The standard InChI is InChI=1S/C16H18N2O3/c1-11-9-13(18(19)20)15(17-10-11)21-14-8-6-5-7-12(14)16(2,3)4/h5-10H,1-4H3. The number of benzene rings is 1. The van der Waals surface area contributed by atoms with Crippen molar-refractivity contribution >= 4 is 5.69 Å². The van der Waals surface area contributed by atoms with Crippen LogP contribution < -0.4 is 4.74 Å². The van der Waals surface area contributed by atoms with Crippen LogP contribution in [0.3, 0.4) is 0 Å². The number of rotatable bonds is 3. The molecule has 0 aliphatic carbocycles. The normalized spacial score (nSPS) is 11.2. The van der Waals surface area contributed by atoms with E-state index >= 15 is 0 Å². The van der Waals surface area contributed by atoms with Gasteiger partial charge in [-0.1, -0.05) is 39.0 Å². The number of hydrogen-bond acceptors (Lipinski definition) is 4. The van der Waals surface area contributed by atoms with E-state index in [-0.39, 0.29) is 17.0 Å². The molecule has 0 atom stereocenters. The zero-order valence-corrected chi connectivity index (χ0v) is 12.6. The van der Waals surface area contributed by atoms with Crippen molar-refractivity contribution in [3.63, 3.8) is 0 Å². The molecule has 5 heteroatoms. The highest BCUT2D eigenvalue weighted by Crippen LogP contribution is 2.36. The Morgan fingerprint density at radius 3 is 2.52 bits per heavy atom. The SMILES string of the molecule is Cc1cnc(Oc2ccccc2C(C)(C)C)c([N+](=O)[O-])c1. The number of hydrogen-bond donors (Lipinski definition) is 0. The van der Waals surface area contributed by atoms with Gasteiger partial charge in [0.2, 0.25) is 0 Å². The summed E-state index contributed by atoms with van der Waals surface area (Å²) in [6, 6.07) is 8.97. The molecule has 0 saturated carbocycles. The van der Waals surface area contributed by atoms with Crippen molar-refractivity contribution in [3.05, 3.63) is 57.8 Å². The zero-order chi connectivity index (χ0) is 15.6. The molecule has 0 N–H and O–H groups in total. The fourth-order valence-corrected chi connectivity index (χ4v) is 2.03. The summed E-state index contributed by atoms with van der Waals surface area (Å²) in [5, 5.41) is 11.1. The maximum Gasteiger partial charge on any atom is 0.331 e. The summed E-state index contributed by atoms with van der Waals surface area (Å²) in [5.74, 6) is 0.603. The van der Waals surface area contributed by atoms with Crippen LogP contribution in [0.15, 0.2) is 36.5 Å². The predicted molar refractivity (Wildman–Crippen MR) is 80.8 cm³/mol. The van der Waals surface area contributed by atoms with E-state index in [1.807, 2.05) is 18.2 Å². The number of ether oxygens (including phenoxy) is 1. The summed E-state index contributed by atoms with van der Waals surface area (Å²) in [6.07, 6.45) is 1.56. The Hall–Kier alpha value is -2.43. The third-order valence-electron chi connectivity index (χ3n) is 3.07. The Morgan fingerprint density at radius 1 is 1.24 bits per heavy atom. The first-order valence-corrected chi connectivity index (χ1v) is 6.67. The summed E-state index contributed by atoms with van der Waals surface area (Å²) in [6.45, 7) is 7.94. The van der Waals surface area contributed by atoms with Crippen LogP contribution >= 0.6 is 0 Å². The van der Waals surface area contributed by atoms with Gasteiger partial charge < -0.3 is 4.74 Å². The highest BCUT2D eigenvalue weighted by Gasteiger charge is 2.22. The average molecular weight is 286 g/mol. The molecule has 2 rings (SSSR count). The molecule has 0 amide bonds. The van der Waals surface area contributed by atoms with Gasteiger partial charge in [0.05, 0.1) is 4.92 Å². The van der Waals surface area contributed by atoms with Crippen molar-refractivity contribution in [3.8, 4) is 11.6 Å². The van der Waals surface area contributed by atoms with E-state index in [1.54, 1.807) is 19.2 Å². The quantitative estimate of drug-likeness (QED) is 0.620. The largest absolute Gasteiger partial charge is 0.433 e. The first-order valence-electron chi connectivity index (χ1n) is 6.67. The van der Waals surface area contributed by atoms with Crippen LogP contribution in [0.5, 0.6) is 11.6 Å². The van der Waals surface area contributed by atoms with Gasteiger partial charge in [0.15, 0.2) is 0 Å². The van der Waals surface area contributed by atoms with E-state index < -0.39 is 4.92 Å². The molecule has 1 aromatic heterocycles. The zero-order valence-electron chi connectivity index (χ0n) is 12.6. The second kappa shape index (κ2) is 5.52. The number of aromatic nitrogens is 1. The fraction of sp³-hybridized carbons (Fsp3) is 0.312. The second-order valence-corrected chi connectivity index (χ2v) is 5.94. The summed E-state index contributed by atoms with van der Waals surface area (Å²) >= 11 is 0. The topological polar surface area (TPSA) is 65.3 Å². The maximum atomic E-state index is 11.1. The molecule has 0 radical (unpaired) electrons. The molecule has 21 heavy (non-hydrogen) atoms. The van der Waals surface area contributed by atoms with Crippen LogP contribution in [0.2, 0.25) is 0 Å². The lowest BCUT2D eigenvalue weighted by atomic mass is 9.86. The molecule has 0 saturated heterocycles. The van der Waals surface area contributed by atoms with Crippen LogP contribution in [0.25, 0.3) is 0 Å². The second-order valence-electron chi connectivity index (χ2n) is 5.94. The molecule has 1 aromatic carbocycles. The van der Waals surface area contributed by atoms with Crippen molar-refractivity contribution in [1.29, 1.82) is 0 Å². The summed E-state index contributed by atoms with van der Waals surface area (Å²) in [5.41, 5.74) is 1.44. The Labute approximate surface area is 123 Å². The highest BCUT2D eigenvalue weighted by atomic mass is 16.6. The van der Waals surface area contributed by atoms with Crippen molar-refractivity contribution in [2.24, 2.45) is 0 Å². The van der Waals surface area contributed by atoms with Crippen molar-refractivity contribution in [2.45, 2.75) is 33.1 Å². The Bertz CT molecular complexity index is 675. The van der Waals surface area contributed by atoms with Gasteiger partial charge >= 0.3 is 5.69 Å². The minimum absolute atomic E-state index is 0.0160. The highest BCUT2D eigenvalue weighted by molar-refractivity contribution is 5.47. The number of nitrogens with zero attached hydrogens (tertiary/aromatic N) is 2. The maximum absolute atomic E-state index is 11.1. The lowest BCUT2D eigenvalue weighted by Gasteiger charge is -2.22. The van der Waals surface area contributed by atoms with E-state index in [2.05, 4.69) is 25.8 Å². The third kappa shape index (κ3) is 3.37. The molecule has 5 nitrogen and oxygen atoms in total. The Morgan fingerprint density at radius 2 is 1.90 bits per heavy atom. The molecule has 2 aromatic rings. The van der Waals surface area contributed by atoms with E-state index in [0.29, 0.717) is 5.75 Å². The number of aryl methyl sites for hydroxylation is 1. The van der Waals surface area contributed by atoms with Gasteiger partial charge in [-0.2, -0.15) is 0 Å². The molecule has 0 spiro atoms. The number of nitro groups is 1. The minimum atomic E-state index is -0.477. The summed E-state index contributed by atoms with van der Waals surface area (Å²) in [4.78, 5) is 14.7. The van der Waals surface area contributed by atoms with E-state index in [9.17, 15) is 10.1 Å². The lowest BCUT2D eigenvalue weighted by molar-refractivity contribution is -0.386. The molecule has 0 bridgehead atoms. The monoisotopic (exact) mass is 286 g/mol. The van der Waals surface area contributed by atoms with Gasteiger partial charge in [0.1, 0.15) is 5.75 Å². The summed E-state index contributed by atoms with van der Waals surface area (Å²) < 4.78 is 5.73. The van der Waals surface area contributed by atoms with Gasteiger partial charge in [-0.25, -0.2) is 4.98 Å². The van der Waals surface area contributed by atoms with Gasteiger partial charge in [0.25, 0.3) is 5.88 Å². The van der Waals surface area contributed by atoms with Crippen LogP contribution in [0.4, 0.5) is 5.69 Å². The fourth-order valence-electron chi connectivity index (χ4n) is 2.03. The van der Waals surface area contributed by atoms with Crippen LogP contribution in [-0.2, 0) is 5.41 Å². The molecule has 0 unspecified atom stereocenters. The molecular weight excluding hydrogens is 268 g/mol. The van der Waals surface area contributed by atoms with E-state index in [4.69, 9.17) is 4.74 Å². The molecule has 110 valence electrons. The Kier molecular flexibility index (Phi) is 3.93. The predicted octanol–water partition coefficient (Wildman–Crippen LogP) is 4.39. The first kappa shape index (κ1) is 15.0. The molecule has 0 fully saturated rings. The van der Waals surface area contributed by atoms with Gasteiger partial charge in [-0.05, 0) is 24.0 Å². The molecule has 1 heterocycles. The van der Waals surface area contributed by atoms with Crippen molar-refractivity contribution in [2.75, 3.05) is 0 Å². The van der Waals surface area contributed by atoms with Gasteiger partial charge in [-0.15, -0.1) is 0 Å². The van der Waals surface area contributed by atoms with Crippen LogP contribution in [0, 0.1) is 17.0 Å². The number of pyridine rings is 1. The van der Waals surface area contributed by atoms with Crippen molar-refractivity contribution < 1.29 is 9.66 Å². The smallest absolute Gasteiger partial charge is 0.331 e. The van der Waals surface area contributed by atoms with Crippen LogP contribution in [0.1, 0.15) is 31.9 Å². The molecule has 0 aliphatic rings. The minimum Gasteiger partial charge on any atom is -0.433 e. The lowest BCUT2D eigenvalue weighted by Crippen LogP contribution is -2.12. The van der Waals surface area contributed by atoms with E-state index in [0.717, 1.165) is 11.1 Å². The molecular formula is C16H18N2O3. The summed E-state index contributed by atoms with van der Waals surface area (Å²) in [7, 11) is 0. The third-order valence-corrected chi connectivity index (χ3v) is 3.07. The Balaban J connectivity index is 2.47. The number of para-hydroxylation sites is 1. The van der Waals surface area contributed by atoms with Gasteiger partial charge in [0, 0.05) is 17.8 Å². The van der Waals surface area contributed by atoms with Crippen molar-refractivity contribution in [1.82, 2.24) is 4.98 Å². The van der Waals surface area contributed by atoms with E-state index in [1.165, 1.54) is 6.07 Å². The van der Waals surface area contributed by atoms with Crippen LogP contribution in [-0.4, -0.2) is 9.91 Å². The average Bonchev–Trinajstić information content (AvgIpc) is 2.40. The molecule has 0 aliphatic heterocycles.